The van der Waals surface area contributed by atoms with Crippen molar-refractivity contribution in [3.63, 3.8) is 0 Å². The van der Waals surface area contributed by atoms with E-state index in [9.17, 15) is 0 Å². The van der Waals surface area contributed by atoms with Crippen LogP contribution < -0.4 is 21.7 Å². The number of hydrogen-bond acceptors (Lipinski definition) is 6. The fourth-order valence-corrected chi connectivity index (χ4v) is 3.45. The van der Waals surface area contributed by atoms with Crippen LogP contribution in [0.2, 0.25) is 0 Å². The molecule has 31 heavy (non-hydrogen) atoms. The van der Waals surface area contributed by atoms with E-state index in [0.29, 0.717) is 11.5 Å². The van der Waals surface area contributed by atoms with Gasteiger partial charge in [0.15, 0.2) is 0 Å². The number of nitrogens with zero attached hydrogens (tertiary/aromatic N) is 2. The summed E-state index contributed by atoms with van der Waals surface area (Å²) in [6.07, 6.45) is 5.96. The predicted molar refractivity (Wildman–Crippen MR) is 139 cm³/mol. The molecule has 0 aromatic heterocycles. The average Bonchev–Trinajstić information content (AvgIpc) is 2.67. The van der Waals surface area contributed by atoms with Crippen molar-refractivity contribution in [1.82, 2.24) is 25.8 Å². The van der Waals surface area contributed by atoms with E-state index in [1.807, 2.05) is 0 Å². The second-order valence-corrected chi connectivity index (χ2v) is 11.4. The van der Waals surface area contributed by atoms with Crippen molar-refractivity contribution in [2.45, 2.75) is 85.2 Å². The van der Waals surface area contributed by atoms with Crippen molar-refractivity contribution in [2.24, 2.45) is 11.1 Å². The third-order valence-corrected chi connectivity index (χ3v) is 5.84. The van der Waals surface area contributed by atoms with E-state index in [0.717, 1.165) is 58.8 Å². The van der Waals surface area contributed by atoms with Crippen molar-refractivity contribution in [3.8, 4) is 0 Å². The Labute approximate surface area is 195 Å². The minimum absolute atomic E-state index is 0.208. The molecule has 0 aromatic carbocycles. The van der Waals surface area contributed by atoms with Crippen LogP contribution in [-0.4, -0.2) is 94.4 Å². The highest BCUT2D eigenvalue weighted by molar-refractivity contribution is 4.79. The Morgan fingerprint density at radius 3 is 2.06 bits per heavy atom. The molecule has 0 aliphatic heterocycles. The molecule has 0 bridgehead atoms. The summed E-state index contributed by atoms with van der Waals surface area (Å²) in [5.41, 5.74) is 6.13. The quantitative estimate of drug-likeness (QED) is 0.217. The zero-order chi connectivity index (χ0) is 23.8. The lowest BCUT2D eigenvalue weighted by molar-refractivity contribution is 0.248. The van der Waals surface area contributed by atoms with Gasteiger partial charge in [0.2, 0.25) is 0 Å². The average molecular weight is 443 g/mol. The van der Waals surface area contributed by atoms with Crippen molar-refractivity contribution >= 4 is 0 Å². The summed E-state index contributed by atoms with van der Waals surface area (Å²) in [7, 11) is 4.48. The first-order valence-corrected chi connectivity index (χ1v) is 12.7. The first-order chi connectivity index (χ1) is 14.4. The van der Waals surface area contributed by atoms with Crippen LogP contribution in [0.1, 0.15) is 73.6 Å². The van der Waals surface area contributed by atoms with E-state index in [-0.39, 0.29) is 5.54 Å². The maximum absolute atomic E-state index is 5.56. The molecular formula is C25H58N6. The Morgan fingerprint density at radius 2 is 1.45 bits per heavy atom. The first-order valence-electron chi connectivity index (χ1n) is 12.7. The molecule has 0 fully saturated rings. The number of hydrogen-bond donors (Lipinski definition) is 4. The summed E-state index contributed by atoms with van der Waals surface area (Å²) in [6.45, 7) is 23.4. The number of unbranched alkanes of at least 4 members (excludes halogenated alkanes) is 1. The number of nitrogens with two attached hydrogens (primary N) is 1. The fourth-order valence-electron chi connectivity index (χ4n) is 3.45. The van der Waals surface area contributed by atoms with Crippen LogP contribution in [0.3, 0.4) is 0 Å². The lowest BCUT2D eigenvalue weighted by atomic mass is 9.95. The predicted octanol–water partition coefficient (Wildman–Crippen LogP) is 2.74. The summed E-state index contributed by atoms with van der Waals surface area (Å²) in [6, 6.07) is 0.564. The van der Waals surface area contributed by atoms with Crippen LogP contribution >= 0.6 is 0 Å². The van der Waals surface area contributed by atoms with Crippen molar-refractivity contribution in [3.05, 3.63) is 0 Å². The molecule has 6 heteroatoms. The third kappa shape index (κ3) is 21.4. The highest BCUT2D eigenvalue weighted by Crippen LogP contribution is 2.13. The van der Waals surface area contributed by atoms with Gasteiger partial charge in [-0.15, -0.1) is 0 Å². The van der Waals surface area contributed by atoms with E-state index in [4.69, 9.17) is 5.73 Å². The van der Waals surface area contributed by atoms with E-state index in [1.165, 1.54) is 32.2 Å². The minimum atomic E-state index is 0.208. The molecular weight excluding hydrogens is 384 g/mol. The molecule has 0 amide bonds. The highest BCUT2D eigenvalue weighted by atomic mass is 15.2. The van der Waals surface area contributed by atoms with Crippen molar-refractivity contribution < 1.29 is 0 Å². The second-order valence-electron chi connectivity index (χ2n) is 11.4. The molecule has 0 saturated heterocycles. The Balaban J connectivity index is 3.71. The Kier molecular flexibility index (Phi) is 17.1. The first kappa shape index (κ1) is 30.8. The molecule has 6 nitrogen and oxygen atoms in total. The smallest absolute Gasteiger partial charge is 0.0125 e. The van der Waals surface area contributed by atoms with Crippen LogP contribution in [0.5, 0.6) is 0 Å². The van der Waals surface area contributed by atoms with Gasteiger partial charge in [-0.3, -0.25) is 0 Å². The van der Waals surface area contributed by atoms with Crippen LogP contribution in [0.15, 0.2) is 0 Å². The topological polar surface area (TPSA) is 68.6 Å². The Hall–Kier alpha value is -0.240. The van der Waals surface area contributed by atoms with E-state index >= 15 is 0 Å². The van der Waals surface area contributed by atoms with Gasteiger partial charge in [-0.25, -0.2) is 0 Å². The fraction of sp³-hybridized carbons (Fsp3) is 1.00. The molecule has 1 atom stereocenters. The van der Waals surface area contributed by atoms with Gasteiger partial charge in [-0.1, -0.05) is 20.8 Å². The largest absolute Gasteiger partial charge is 0.330 e. The van der Waals surface area contributed by atoms with Crippen molar-refractivity contribution in [2.75, 3.05) is 73.0 Å². The molecule has 0 radical (unpaired) electrons. The van der Waals surface area contributed by atoms with E-state index < -0.39 is 0 Å². The van der Waals surface area contributed by atoms with E-state index in [1.54, 1.807) is 0 Å². The summed E-state index contributed by atoms with van der Waals surface area (Å²) in [5, 5.41) is 10.9. The molecule has 0 heterocycles. The van der Waals surface area contributed by atoms with Gasteiger partial charge in [-0.2, -0.15) is 0 Å². The highest BCUT2D eigenvalue weighted by Gasteiger charge is 2.17. The normalized spacial score (nSPS) is 14.0. The Morgan fingerprint density at radius 1 is 0.806 bits per heavy atom. The van der Waals surface area contributed by atoms with Gasteiger partial charge in [0.25, 0.3) is 0 Å². The van der Waals surface area contributed by atoms with Gasteiger partial charge >= 0.3 is 0 Å². The summed E-state index contributed by atoms with van der Waals surface area (Å²) < 4.78 is 0. The molecule has 0 spiro atoms. The van der Waals surface area contributed by atoms with Crippen LogP contribution in [0, 0.1) is 5.41 Å². The lowest BCUT2D eigenvalue weighted by Gasteiger charge is -2.28. The monoisotopic (exact) mass is 442 g/mol. The number of likely N-dealkylation sites (N-methyl/N-ethyl adjacent to an activating group) is 2. The molecule has 0 saturated carbocycles. The summed E-state index contributed by atoms with van der Waals surface area (Å²) >= 11 is 0. The molecule has 188 valence electrons. The molecule has 0 rings (SSSR count). The molecule has 0 unspecified atom stereocenters. The maximum atomic E-state index is 5.56. The lowest BCUT2D eigenvalue weighted by Crippen LogP contribution is -2.41. The summed E-state index contributed by atoms with van der Waals surface area (Å²) in [4.78, 5) is 4.90. The zero-order valence-electron chi connectivity index (χ0n) is 22.4. The van der Waals surface area contributed by atoms with Gasteiger partial charge in [0.05, 0.1) is 0 Å². The maximum Gasteiger partial charge on any atom is 0.0125 e. The van der Waals surface area contributed by atoms with Crippen LogP contribution in [0.25, 0.3) is 0 Å². The van der Waals surface area contributed by atoms with Gasteiger partial charge in [-0.05, 0) is 98.6 Å². The standard InChI is InChI=1S/C25H58N6/c1-23(28-15-11-14-26)12-13-25(5,6)29-16-9-10-18-30(7)20-21-31(8)19-17-27-22-24(2,3)4/h23,27-29H,9-22,26H2,1-8H3/t23-/m1/s1. The molecule has 0 aromatic rings. The van der Waals surface area contributed by atoms with Crippen molar-refractivity contribution in [1.29, 1.82) is 0 Å². The molecule has 5 N–H and O–H groups in total. The Bertz CT molecular complexity index is 407. The molecule has 0 aliphatic rings. The van der Waals surface area contributed by atoms with Crippen LogP contribution in [-0.2, 0) is 0 Å². The van der Waals surface area contributed by atoms with Gasteiger partial charge in [0.1, 0.15) is 0 Å². The zero-order valence-corrected chi connectivity index (χ0v) is 22.4. The number of rotatable bonds is 20. The minimum Gasteiger partial charge on any atom is -0.330 e. The summed E-state index contributed by atoms with van der Waals surface area (Å²) in [5.74, 6) is 0. The second kappa shape index (κ2) is 17.3. The van der Waals surface area contributed by atoms with E-state index in [2.05, 4.69) is 81.4 Å². The van der Waals surface area contributed by atoms with Gasteiger partial charge in [0, 0.05) is 44.3 Å². The SMILES string of the molecule is C[C@H](CCC(C)(C)NCCCCN(C)CCN(C)CCNCC(C)(C)C)NCCCN. The number of nitrogens with one attached hydrogen (secondary N) is 3. The van der Waals surface area contributed by atoms with Gasteiger partial charge < -0.3 is 31.5 Å². The molecule has 0 aliphatic carbocycles. The van der Waals surface area contributed by atoms with Crippen LogP contribution in [0.4, 0.5) is 0 Å². The third-order valence-electron chi connectivity index (χ3n) is 5.84.